The quantitative estimate of drug-likeness (QED) is 0.801. The van der Waals surface area contributed by atoms with Crippen molar-refractivity contribution < 1.29 is 10.1 Å². The average molecular weight is 315 g/mol. The van der Waals surface area contributed by atoms with E-state index in [-0.39, 0.29) is 0 Å². The van der Waals surface area contributed by atoms with Crippen molar-refractivity contribution in [3.63, 3.8) is 0 Å². The van der Waals surface area contributed by atoms with E-state index in [1.54, 1.807) is 0 Å². The fraction of sp³-hybridized carbons (Fsp3) is 0.600. The minimum atomic E-state index is 0.336. The van der Waals surface area contributed by atoms with Gasteiger partial charge in [-0.15, -0.1) is 0 Å². The summed E-state index contributed by atoms with van der Waals surface area (Å²) in [6, 6.07) is 6.14. The number of hydrogen-bond donors (Lipinski definition) is 1. The molecule has 1 aromatic carbocycles. The van der Waals surface area contributed by atoms with Crippen molar-refractivity contribution in [1.82, 2.24) is 0 Å². The average Bonchev–Trinajstić information content (AvgIpc) is 2.24. The first-order valence-electron chi connectivity index (χ1n) is 6.62. The third kappa shape index (κ3) is 6.41. The molecule has 0 aliphatic rings. The van der Waals surface area contributed by atoms with Gasteiger partial charge in [-0.05, 0) is 64.3 Å². The molecule has 0 unspecified atom stereocenters. The summed E-state index contributed by atoms with van der Waals surface area (Å²) in [6.45, 7) is 10.8. The molecular weight excluding hydrogens is 290 g/mol. The Morgan fingerprint density at radius 3 is 2.56 bits per heavy atom. The molecule has 0 saturated heterocycles. The van der Waals surface area contributed by atoms with Gasteiger partial charge in [-0.1, -0.05) is 15.9 Å². The van der Waals surface area contributed by atoms with Gasteiger partial charge in [0, 0.05) is 4.47 Å². The Kier molecular flexibility index (Phi) is 6.16. The number of quaternary nitrogens is 1. The Morgan fingerprint density at radius 2 is 1.94 bits per heavy atom. The number of nitrogens with two attached hydrogens (primary N) is 1. The van der Waals surface area contributed by atoms with Gasteiger partial charge < -0.3 is 10.1 Å². The van der Waals surface area contributed by atoms with Crippen LogP contribution in [0.15, 0.2) is 22.7 Å². The highest BCUT2D eigenvalue weighted by Crippen LogP contribution is 2.22. The largest absolute Gasteiger partial charge is 0.493 e. The van der Waals surface area contributed by atoms with Crippen LogP contribution in [0, 0.1) is 6.92 Å². The maximum Gasteiger partial charge on any atom is 0.122 e. The van der Waals surface area contributed by atoms with Gasteiger partial charge in [0.25, 0.3) is 0 Å². The van der Waals surface area contributed by atoms with E-state index < -0.39 is 0 Å². The Balaban J connectivity index is 2.18. The highest BCUT2D eigenvalue weighted by Gasteiger charge is 2.11. The summed E-state index contributed by atoms with van der Waals surface area (Å²) in [6.07, 6.45) is 2.31. The van der Waals surface area contributed by atoms with Crippen molar-refractivity contribution in [3.05, 3.63) is 28.2 Å². The van der Waals surface area contributed by atoms with E-state index in [1.165, 1.54) is 18.5 Å². The number of hydrogen-bond acceptors (Lipinski definition) is 1. The van der Waals surface area contributed by atoms with E-state index >= 15 is 0 Å². The minimum Gasteiger partial charge on any atom is -0.493 e. The standard InChI is InChI=1S/C15H24BrNO/c1-12-11-13(16)7-8-14(12)18-10-6-5-9-17-15(2,3)4/h7-8,11,17H,5-6,9-10H2,1-4H3/p+1. The lowest BCUT2D eigenvalue weighted by Crippen LogP contribution is -2.94. The number of benzene rings is 1. The number of rotatable bonds is 6. The molecule has 0 saturated carbocycles. The second-order valence-electron chi connectivity index (χ2n) is 5.82. The zero-order valence-corrected chi connectivity index (χ0v) is 13.5. The van der Waals surface area contributed by atoms with Crippen LogP contribution in [-0.2, 0) is 0 Å². The van der Waals surface area contributed by atoms with Crippen LogP contribution in [0.1, 0.15) is 39.2 Å². The molecule has 2 nitrogen and oxygen atoms in total. The van der Waals surface area contributed by atoms with Gasteiger partial charge in [-0.2, -0.15) is 0 Å². The lowest BCUT2D eigenvalue weighted by molar-refractivity contribution is -0.717. The summed E-state index contributed by atoms with van der Waals surface area (Å²) < 4.78 is 6.89. The highest BCUT2D eigenvalue weighted by molar-refractivity contribution is 9.10. The number of aryl methyl sites for hydroxylation is 1. The first-order valence-corrected chi connectivity index (χ1v) is 7.41. The van der Waals surface area contributed by atoms with Crippen LogP contribution in [0.2, 0.25) is 0 Å². The molecule has 0 bridgehead atoms. The zero-order chi connectivity index (χ0) is 13.6. The van der Waals surface area contributed by atoms with Crippen LogP contribution in [0.5, 0.6) is 5.75 Å². The predicted molar refractivity (Wildman–Crippen MR) is 80.2 cm³/mol. The molecular formula is C15H25BrNO+. The smallest absolute Gasteiger partial charge is 0.122 e. The van der Waals surface area contributed by atoms with Crippen molar-refractivity contribution in [3.8, 4) is 5.75 Å². The molecule has 2 N–H and O–H groups in total. The van der Waals surface area contributed by atoms with Crippen molar-refractivity contribution in [2.75, 3.05) is 13.2 Å². The topological polar surface area (TPSA) is 25.8 Å². The van der Waals surface area contributed by atoms with Gasteiger partial charge in [-0.25, -0.2) is 0 Å². The number of halogens is 1. The summed E-state index contributed by atoms with van der Waals surface area (Å²) >= 11 is 3.46. The van der Waals surface area contributed by atoms with Crippen molar-refractivity contribution in [2.45, 2.75) is 46.1 Å². The third-order valence-corrected chi connectivity index (χ3v) is 3.24. The van der Waals surface area contributed by atoms with Crippen molar-refractivity contribution in [1.29, 1.82) is 0 Å². The lowest BCUT2D eigenvalue weighted by Gasteiger charge is -2.16. The van der Waals surface area contributed by atoms with E-state index in [0.717, 1.165) is 23.2 Å². The molecule has 18 heavy (non-hydrogen) atoms. The summed E-state index contributed by atoms with van der Waals surface area (Å²) in [5.74, 6) is 0.998. The molecule has 0 atom stereocenters. The number of unbranched alkanes of at least 4 members (excludes halogenated alkanes) is 1. The second kappa shape index (κ2) is 7.15. The normalized spacial score (nSPS) is 11.6. The Bertz CT molecular complexity index is 371. The van der Waals surface area contributed by atoms with Gasteiger partial charge in [0.05, 0.1) is 18.7 Å². The first-order chi connectivity index (χ1) is 8.38. The molecule has 0 amide bonds. The molecule has 0 aromatic heterocycles. The van der Waals surface area contributed by atoms with E-state index in [9.17, 15) is 0 Å². The zero-order valence-electron chi connectivity index (χ0n) is 11.9. The molecule has 0 aliphatic heterocycles. The van der Waals surface area contributed by atoms with E-state index in [2.05, 4.69) is 55.0 Å². The van der Waals surface area contributed by atoms with Gasteiger partial charge in [-0.3, -0.25) is 0 Å². The van der Waals surface area contributed by atoms with Gasteiger partial charge in [0.15, 0.2) is 0 Å². The first kappa shape index (κ1) is 15.5. The van der Waals surface area contributed by atoms with Crippen molar-refractivity contribution >= 4 is 15.9 Å². The van der Waals surface area contributed by atoms with Crippen LogP contribution >= 0.6 is 15.9 Å². The maximum atomic E-state index is 5.79. The molecule has 0 spiro atoms. The highest BCUT2D eigenvalue weighted by atomic mass is 79.9. The van der Waals surface area contributed by atoms with Gasteiger partial charge in [0.2, 0.25) is 0 Å². The predicted octanol–water partition coefficient (Wildman–Crippen LogP) is 3.28. The van der Waals surface area contributed by atoms with Crippen LogP contribution in [0.4, 0.5) is 0 Å². The Labute approximate surface area is 119 Å². The fourth-order valence-electron chi connectivity index (χ4n) is 1.74. The summed E-state index contributed by atoms with van der Waals surface area (Å²) in [7, 11) is 0. The molecule has 0 aliphatic carbocycles. The van der Waals surface area contributed by atoms with Crippen LogP contribution in [-0.4, -0.2) is 18.7 Å². The minimum absolute atomic E-state index is 0.336. The van der Waals surface area contributed by atoms with Crippen LogP contribution in [0.25, 0.3) is 0 Å². The van der Waals surface area contributed by atoms with E-state index in [1.807, 2.05) is 12.1 Å². The molecule has 1 rings (SSSR count). The molecule has 0 heterocycles. The molecule has 0 fully saturated rings. The van der Waals surface area contributed by atoms with Gasteiger partial charge in [0.1, 0.15) is 5.75 Å². The maximum absolute atomic E-state index is 5.79. The summed E-state index contributed by atoms with van der Waals surface area (Å²) in [4.78, 5) is 0. The fourth-order valence-corrected chi connectivity index (χ4v) is 2.21. The van der Waals surface area contributed by atoms with Crippen LogP contribution < -0.4 is 10.1 Å². The number of ether oxygens (including phenoxy) is 1. The van der Waals surface area contributed by atoms with E-state index in [0.29, 0.717) is 5.54 Å². The third-order valence-electron chi connectivity index (χ3n) is 2.75. The van der Waals surface area contributed by atoms with Gasteiger partial charge >= 0.3 is 0 Å². The summed E-state index contributed by atoms with van der Waals surface area (Å²) in [5, 5.41) is 2.39. The molecule has 0 radical (unpaired) electrons. The van der Waals surface area contributed by atoms with Crippen molar-refractivity contribution in [2.24, 2.45) is 0 Å². The van der Waals surface area contributed by atoms with E-state index in [4.69, 9.17) is 4.74 Å². The Morgan fingerprint density at radius 1 is 1.22 bits per heavy atom. The Hall–Kier alpha value is -0.540. The molecule has 1 aromatic rings. The lowest BCUT2D eigenvalue weighted by atomic mass is 10.1. The van der Waals surface area contributed by atoms with Crippen LogP contribution in [0.3, 0.4) is 0 Å². The SMILES string of the molecule is Cc1cc(Br)ccc1OCCCC[NH2+]C(C)(C)C. The molecule has 102 valence electrons. The summed E-state index contributed by atoms with van der Waals surface area (Å²) in [5.41, 5.74) is 1.52. The second-order valence-corrected chi connectivity index (χ2v) is 6.74. The molecule has 3 heteroatoms. The monoisotopic (exact) mass is 314 g/mol.